The van der Waals surface area contributed by atoms with E-state index in [1.165, 1.54) is 5.56 Å². The van der Waals surface area contributed by atoms with Crippen LogP contribution < -0.4 is 0 Å². The van der Waals surface area contributed by atoms with Gasteiger partial charge in [0.2, 0.25) is 11.8 Å². The van der Waals surface area contributed by atoms with Crippen LogP contribution in [0.5, 0.6) is 0 Å². The molecule has 0 N–H and O–H groups in total. The number of likely N-dealkylation sites (tertiary alicyclic amines) is 1. The van der Waals surface area contributed by atoms with Crippen LogP contribution in [0.1, 0.15) is 31.2 Å². The lowest BCUT2D eigenvalue weighted by molar-refractivity contribution is -0.141. The Bertz CT molecular complexity index is 889. The summed E-state index contributed by atoms with van der Waals surface area (Å²) in [6.45, 7) is 1.22. The van der Waals surface area contributed by atoms with Crippen LogP contribution >= 0.6 is 0 Å². The lowest BCUT2D eigenvalue weighted by atomic mass is 9.79. The molecule has 1 aliphatic heterocycles. The van der Waals surface area contributed by atoms with E-state index in [9.17, 15) is 9.59 Å². The molecule has 2 aliphatic rings. The topological polar surface area (TPSA) is 40.6 Å². The Balaban J connectivity index is 1.59. The van der Waals surface area contributed by atoms with Crippen molar-refractivity contribution in [1.29, 1.82) is 0 Å². The molecule has 0 radical (unpaired) electrons. The molecule has 1 atom stereocenters. The highest BCUT2D eigenvalue weighted by Gasteiger charge is 2.47. The van der Waals surface area contributed by atoms with Crippen LogP contribution in [-0.4, -0.2) is 48.8 Å². The zero-order chi connectivity index (χ0) is 20.4. The third-order valence-electron chi connectivity index (χ3n) is 6.56. The molecule has 1 heterocycles. The summed E-state index contributed by atoms with van der Waals surface area (Å²) in [5.41, 5.74) is 2.96. The Morgan fingerprint density at radius 3 is 2.41 bits per heavy atom. The first-order chi connectivity index (χ1) is 14.0. The Hall–Kier alpha value is -2.62. The van der Waals surface area contributed by atoms with Gasteiger partial charge in [-0.05, 0) is 42.4 Å². The van der Waals surface area contributed by atoms with Gasteiger partial charge in [-0.25, -0.2) is 0 Å². The molecule has 0 aromatic heterocycles. The molecule has 2 aromatic rings. The van der Waals surface area contributed by atoms with E-state index in [2.05, 4.69) is 36.4 Å². The molecule has 0 spiro atoms. The van der Waals surface area contributed by atoms with E-state index >= 15 is 0 Å². The molecule has 0 bridgehead atoms. The van der Waals surface area contributed by atoms with Gasteiger partial charge in [0.15, 0.2) is 0 Å². The monoisotopic (exact) mass is 390 g/mol. The van der Waals surface area contributed by atoms with Gasteiger partial charge in [-0.15, -0.1) is 0 Å². The summed E-state index contributed by atoms with van der Waals surface area (Å²) in [6, 6.07) is 18.8. The summed E-state index contributed by atoms with van der Waals surface area (Å²) in [5.74, 6) is 0.566. The number of nitrogens with zero attached hydrogens (tertiary/aromatic N) is 2. The minimum absolute atomic E-state index is 0.131. The van der Waals surface area contributed by atoms with Crippen LogP contribution in [0.2, 0.25) is 0 Å². The first-order valence-corrected chi connectivity index (χ1v) is 10.6. The number of hydrogen-bond acceptors (Lipinski definition) is 2. The molecule has 152 valence electrons. The standard InChI is InChI=1S/C25H30N2O2/c1-26(2)24(29)25(14-15-27(18-25)23(28)21-11-7-12-21)17-19-8-6-13-22(16-19)20-9-4-3-5-10-20/h3-6,8-10,13,16,21H,7,11-12,14-15,17-18H2,1-2H3. The first kappa shape index (κ1) is 19.7. The van der Waals surface area contributed by atoms with Crippen molar-refractivity contribution in [2.45, 2.75) is 32.1 Å². The molecular formula is C25H30N2O2. The molecule has 4 rings (SSSR count). The Labute approximate surface area is 173 Å². The third-order valence-corrected chi connectivity index (χ3v) is 6.56. The van der Waals surface area contributed by atoms with Gasteiger partial charge in [0, 0.05) is 33.1 Å². The van der Waals surface area contributed by atoms with Crippen LogP contribution in [-0.2, 0) is 16.0 Å². The fourth-order valence-electron chi connectivity index (χ4n) is 4.72. The molecule has 1 saturated heterocycles. The van der Waals surface area contributed by atoms with Crippen molar-refractivity contribution in [2.75, 3.05) is 27.2 Å². The van der Waals surface area contributed by atoms with E-state index in [0.717, 1.165) is 36.8 Å². The highest BCUT2D eigenvalue weighted by molar-refractivity contribution is 5.86. The van der Waals surface area contributed by atoms with Gasteiger partial charge in [0.1, 0.15) is 0 Å². The van der Waals surface area contributed by atoms with Gasteiger partial charge in [0.05, 0.1) is 5.41 Å². The van der Waals surface area contributed by atoms with E-state index in [-0.39, 0.29) is 17.7 Å². The summed E-state index contributed by atoms with van der Waals surface area (Å²) < 4.78 is 0. The number of rotatable bonds is 5. The average molecular weight is 391 g/mol. The van der Waals surface area contributed by atoms with Crippen molar-refractivity contribution < 1.29 is 9.59 Å². The van der Waals surface area contributed by atoms with Crippen LogP contribution in [0.15, 0.2) is 54.6 Å². The largest absolute Gasteiger partial charge is 0.348 e. The third kappa shape index (κ3) is 3.93. The van der Waals surface area contributed by atoms with Crippen molar-refractivity contribution in [3.8, 4) is 11.1 Å². The predicted octanol–water partition coefficient (Wildman–Crippen LogP) is 4.00. The number of benzene rings is 2. The van der Waals surface area contributed by atoms with E-state index in [0.29, 0.717) is 19.5 Å². The molecule has 1 saturated carbocycles. The second-order valence-corrected chi connectivity index (χ2v) is 8.86. The average Bonchev–Trinajstić information content (AvgIpc) is 3.12. The summed E-state index contributed by atoms with van der Waals surface area (Å²) >= 11 is 0. The van der Waals surface area contributed by atoms with Gasteiger partial charge in [-0.3, -0.25) is 9.59 Å². The summed E-state index contributed by atoms with van der Waals surface area (Å²) in [4.78, 5) is 29.7. The number of hydrogen-bond donors (Lipinski definition) is 0. The van der Waals surface area contributed by atoms with E-state index in [1.807, 2.05) is 37.2 Å². The van der Waals surface area contributed by atoms with Gasteiger partial charge in [-0.2, -0.15) is 0 Å². The SMILES string of the molecule is CN(C)C(=O)C1(Cc2cccc(-c3ccccc3)c2)CCN(C(=O)C2CCC2)C1. The van der Waals surface area contributed by atoms with Gasteiger partial charge in [-0.1, -0.05) is 61.0 Å². The predicted molar refractivity (Wildman–Crippen MR) is 115 cm³/mol. The Morgan fingerprint density at radius 2 is 1.76 bits per heavy atom. The quantitative estimate of drug-likeness (QED) is 0.774. The van der Waals surface area contributed by atoms with Crippen LogP contribution in [0.4, 0.5) is 0 Å². The molecule has 4 nitrogen and oxygen atoms in total. The molecule has 1 unspecified atom stereocenters. The van der Waals surface area contributed by atoms with Crippen LogP contribution in [0, 0.1) is 11.3 Å². The molecule has 2 amide bonds. The van der Waals surface area contributed by atoms with Crippen LogP contribution in [0.3, 0.4) is 0 Å². The highest BCUT2D eigenvalue weighted by atomic mass is 16.2. The van der Waals surface area contributed by atoms with E-state index in [4.69, 9.17) is 0 Å². The van der Waals surface area contributed by atoms with E-state index < -0.39 is 5.41 Å². The number of carbonyl (C=O) groups is 2. The fraction of sp³-hybridized carbons (Fsp3) is 0.440. The van der Waals surface area contributed by atoms with Gasteiger partial charge in [0.25, 0.3) is 0 Å². The van der Waals surface area contributed by atoms with Crippen molar-refractivity contribution in [3.63, 3.8) is 0 Å². The lowest BCUT2D eigenvalue weighted by Gasteiger charge is -2.33. The van der Waals surface area contributed by atoms with Crippen molar-refractivity contribution in [3.05, 3.63) is 60.2 Å². The van der Waals surface area contributed by atoms with Gasteiger partial charge >= 0.3 is 0 Å². The lowest BCUT2D eigenvalue weighted by Crippen LogP contribution is -2.46. The van der Waals surface area contributed by atoms with Crippen LogP contribution in [0.25, 0.3) is 11.1 Å². The van der Waals surface area contributed by atoms with Crippen molar-refractivity contribution in [1.82, 2.24) is 9.80 Å². The molecule has 2 aromatic carbocycles. The zero-order valence-corrected chi connectivity index (χ0v) is 17.4. The highest BCUT2D eigenvalue weighted by Crippen LogP contribution is 2.39. The normalized spacial score (nSPS) is 21.7. The van der Waals surface area contributed by atoms with Gasteiger partial charge < -0.3 is 9.80 Å². The number of carbonyl (C=O) groups excluding carboxylic acids is 2. The van der Waals surface area contributed by atoms with E-state index in [1.54, 1.807) is 4.90 Å². The zero-order valence-electron chi connectivity index (χ0n) is 17.4. The minimum atomic E-state index is -0.530. The molecule has 2 fully saturated rings. The maximum Gasteiger partial charge on any atom is 0.230 e. The molecular weight excluding hydrogens is 360 g/mol. The number of amides is 2. The Kier molecular flexibility index (Phi) is 5.44. The maximum absolute atomic E-state index is 13.2. The van der Waals surface area contributed by atoms with Crippen molar-refractivity contribution in [2.24, 2.45) is 11.3 Å². The second-order valence-electron chi connectivity index (χ2n) is 8.86. The maximum atomic E-state index is 13.2. The summed E-state index contributed by atoms with van der Waals surface area (Å²) in [5, 5.41) is 0. The molecule has 29 heavy (non-hydrogen) atoms. The molecule has 4 heteroatoms. The van der Waals surface area contributed by atoms with Crippen molar-refractivity contribution >= 4 is 11.8 Å². The smallest absolute Gasteiger partial charge is 0.230 e. The summed E-state index contributed by atoms with van der Waals surface area (Å²) in [6.07, 6.45) is 4.56. The first-order valence-electron chi connectivity index (χ1n) is 10.6. The minimum Gasteiger partial charge on any atom is -0.348 e. The molecule has 1 aliphatic carbocycles. The second kappa shape index (κ2) is 8.02. The fourth-order valence-corrected chi connectivity index (χ4v) is 4.72. The Morgan fingerprint density at radius 1 is 1.03 bits per heavy atom. The summed E-state index contributed by atoms with van der Waals surface area (Å²) in [7, 11) is 3.64.